The van der Waals surface area contributed by atoms with Crippen LogP contribution in [0.25, 0.3) is 0 Å². The van der Waals surface area contributed by atoms with Gasteiger partial charge in [-0.3, -0.25) is 4.68 Å². The topological polar surface area (TPSA) is 29.9 Å². The van der Waals surface area contributed by atoms with Crippen LogP contribution in [0.3, 0.4) is 0 Å². The third-order valence-electron chi connectivity index (χ3n) is 3.18. The van der Waals surface area contributed by atoms with Crippen molar-refractivity contribution in [3.63, 3.8) is 0 Å². The minimum absolute atomic E-state index is 0.496. The van der Waals surface area contributed by atoms with E-state index in [4.69, 9.17) is 0 Å². The van der Waals surface area contributed by atoms with E-state index in [1.54, 1.807) is 0 Å². The summed E-state index contributed by atoms with van der Waals surface area (Å²) in [7, 11) is 1.97. The van der Waals surface area contributed by atoms with Crippen LogP contribution in [0, 0.1) is 0 Å². The Morgan fingerprint density at radius 1 is 1.31 bits per heavy atom. The molecule has 0 saturated carbocycles. The first kappa shape index (κ1) is 9.46. The smallest absolute Gasteiger partial charge is 0.0676 e. The van der Waals surface area contributed by atoms with Gasteiger partial charge in [0.05, 0.1) is 5.69 Å². The van der Waals surface area contributed by atoms with Crippen LogP contribution >= 0.6 is 0 Å². The Bertz CT molecular complexity index is 501. The van der Waals surface area contributed by atoms with Crippen molar-refractivity contribution < 1.29 is 0 Å². The number of hydrogen-bond donors (Lipinski definition) is 1. The molecule has 3 nitrogen and oxygen atoms in total. The van der Waals surface area contributed by atoms with E-state index in [0.717, 1.165) is 13.0 Å². The van der Waals surface area contributed by atoms with Crippen LogP contribution in [0.1, 0.15) is 17.2 Å². The average Bonchev–Trinajstić information content (AvgIpc) is 2.75. The summed E-state index contributed by atoms with van der Waals surface area (Å²) in [5.74, 6) is 0.496. The Hall–Kier alpha value is -1.77. The van der Waals surface area contributed by atoms with Crippen LogP contribution in [0.5, 0.6) is 0 Å². The Kier molecular flexibility index (Phi) is 2.17. The number of aromatic nitrogens is 2. The summed E-state index contributed by atoms with van der Waals surface area (Å²) in [6, 6.07) is 10.6. The van der Waals surface area contributed by atoms with Gasteiger partial charge in [-0.1, -0.05) is 18.2 Å². The summed E-state index contributed by atoms with van der Waals surface area (Å²) in [6.07, 6.45) is 3.09. The summed E-state index contributed by atoms with van der Waals surface area (Å²) in [4.78, 5) is 0. The second-order valence-corrected chi connectivity index (χ2v) is 4.35. The Morgan fingerprint density at radius 3 is 3.00 bits per heavy atom. The molecule has 0 fully saturated rings. The second kappa shape index (κ2) is 3.67. The molecule has 1 aromatic carbocycles. The largest absolute Gasteiger partial charge is 0.384 e. The van der Waals surface area contributed by atoms with Crippen molar-refractivity contribution >= 4 is 5.69 Å². The molecule has 2 aromatic rings. The first-order valence-electron chi connectivity index (χ1n) is 5.64. The molecule has 2 heterocycles. The first-order valence-corrected chi connectivity index (χ1v) is 5.64. The monoisotopic (exact) mass is 213 g/mol. The minimum atomic E-state index is 0.496. The van der Waals surface area contributed by atoms with Crippen molar-refractivity contribution in [2.75, 3.05) is 11.9 Å². The molecule has 1 aliphatic heterocycles. The predicted molar refractivity (Wildman–Crippen MR) is 64.6 cm³/mol. The third-order valence-corrected chi connectivity index (χ3v) is 3.18. The molecule has 1 atom stereocenters. The normalized spacial score (nSPS) is 18.9. The molecular weight excluding hydrogens is 198 g/mol. The zero-order valence-electron chi connectivity index (χ0n) is 9.35. The highest BCUT2D eigenvalue weighted by Crippen LogP contribution is 2.29. The highest BCUT2D eigenvalue weighted by Gasteiger charge is 2.20. The zero-order chi connectivity index (χ0) is 11.0. The van der Waals surface area contributed by atoms with E-state index in [-0.39, 0.29) is 0 Å². The minimum Gasteiger partial charge on any atom is -0.384 e. The van der Waals surface area contributed by atoms with Gasteiger partial charge >= 0.3 is 0 Å². The van der Waals surface area contributed by atoms with Crippen LogP contribution < -0.4 is 5.32 Å². The fourth-order valence-electron chi connectivity index (χ4n) is 2.30. The third kappa shape index (κ3) is 1.58. The molecule has 16 heavy (non-hydrogen) atoms. The zero-order valence-corrected chi connectivity index (χ0v) is 9.35. The predicted octanol–water partition coefficient (Wildman–Crippen LogP) is 2.17. The van der Waals surface area contributed by atoms with Crippen molar-refractivity contribution in [2.24, 2.45) is 7.05 Å². The van der Waals surface area contributed by atoms with Gasteiger partial charge in [-0.05, 0) is 24.1 Å². The van der Waals surface area contributed by atoms with Crippen molar-refractivity contribution in [3.05, 3.63) is 47.8 Å². The van der Waals surface area contributed by atoms with Gasteiger partial charge in [0.1, 0.15) is 0 Å². The van der Waals surface area contributed by atoms with Gasteiger partial charge in [0.25, 0.3) is 0 Å². The lowest BCUT2D eigenvalue weighted by Gasteiger charge is -2.24. The standard InChI is InChI=1S/C13H15N3/c1-16-7-6-13(15-16)11-8-10-4-2-3-5-12(10)14-9-11/h2-7,11,14H,8-9H2,1H3. The van der Waals surface area contributed by atoms with Gasteiger partial charge in [-0.25, -0.2) is 0 Å². The summed E-state index contributed by atoms with van der Waals surface area (Å²) in [5, 5.41) is 7.96. The summed E-state index contributed by atoms with van der Waals surface area (Å²) >= 11 is 0. The number of benzene rings is 1. The van der Waals surface area contributed by atoms with Crippen LogP contribution in [0.15, 0.2) is 36.5 Å². The van der Waals surface area contributed by atoms with Crippen molar-refractivity contribution in [3.8, 4) is 0 Å². The molecule has 1 aromatic heterocycles. The number of fused-ring (bicyclic) bond motifs is 1. The Balaban J connectivity index is 1.88. The molecule has 3 rings (SSSR count). The second-order valence-electron chi connectivity index (χ2n) is 4.35. The number of anilines is 1. The van der Waals surface area contributed by atoms with Gasteiger partial charge in [-0.2, -0.15) is 5.10 Å². The number of nitrogens with one attached hydrogen (secondary N) is 1. The molecular formula is C13H15N3. The summed E-state index contributed by atoms with van der Waals surface area (Å²) in [6.45, 7) is 0.980. The summed E-state index contributed by atoms with van der Waals surface area (Å²) in [5.41, 5.74) is 3.85. The molecule has 1 N–H and O–H groups in total. The van der Waals surface area contributed by atoms with E-state index < -0.39 is 0 Å². The highest BCUT2D eigenvalue weighted by molar-refractivity contribution is 5.54. The number of rotatable bonds is 1. The van der Waals surface area contributed by atoms with Crippen LogP contribution in [0.4, 0.5) is 5.69 Å². The molecule has 82 valence electrons. The number of para-hydroxylation sites is 1. The number of aryl methyl sites for hydroxylation is 1. The summed E-state index contributed by atoms with van der Waals surface area (Å²) < 4.78 is 1.87. The lowest BCUT2D eigenvalue weighted by molar-refractivity contribution is 0.643. The molecule has 0 saturated heterocycles. The maximum atomic E-state index is 4.48. The van der Waals surface area contributed by atoms with E-state index >= 15 is 0 Å². The van der Waals surface area contributed by atoms with E-state index in [9.17, 15) is 0 Å². The average molecular weight is 213 g/mol. The van der Waals surface area contributed by atoms with Crippen LogP contribution in [0.2, 0.25) is 0 Å². The van der Waals surface area contributed by atoms with E-state index in [1.807, 2.05) is 17.9 Å². The van der Waals surface area contributed by atoms with Crippen molar-refractivity contribution in [1.29, 1.82) is 0 Å². The number of hydrogen-bond acceptors (Lipinski definition) is 2. The molecule has 1 aliphatic rings. The van der Waals surface area contributed by atoms with Crippen molar-refractivity contribution in [2.45, 2.75) is 12.3 Å². The van der Waals surface area contributed by atoms with E-state index in [1.165, 1.54) is 16.9 Å². The number of nitrogens with zero attached hydrogens (tertiary/aromatic N) is 2. The molecule has 0 spiro atoms. The lowest BCUT2D eigenvalue weighted by Crippen LogP contribution is -2.21. The molecule has 1 unspecified atom stereocenters. The van der Waals surface area contributed by atoms with E-state index in [2.05, 4.69) is 40.7 Å². The van der Waals surface area contributed by atoms with Gasteiger partial charge in [-0.15, -0.1) is 0 Å². The molecule has 0 bridgehead atoms. The molecule has 0 amide bonds. The van der Waals surface area contributed by atoms with Crippen LogP contribution in [-0.4, -0.2) is 16.3 Å². The van der Waals surface area contributed by atoms with E-state index in [0.29, 0.717) is 5.92 Å². The van der Waals surface area contributed by atoms with Gasteiger partial charge in [0.2, 0.25) is 0 Å². The maximum absolute atomic E-state index is 4.48. The first-order chi connectivity index (χ1) is 7.83. The SMILES string of the molecule is Cn1ccc(C2CNc3ccccc3C2)n1. The quantitative estimate of drug-likeness (QED) is 0.786. The molecule has 0 radical (unpaired) electrons. The fourth-order valence-corrected chi connectivity index (χ4v) is 2.30. The maximum Gasteiger partial charge on any atom is 0.0676 e. The Morgan fingerprint density at radius 2 is 2.19 bits per heavy atom. The lowest BCUT2D eigenvalue weighted by atomic mass is 9.92. The van der Waals surface area contributed by atoms with Crippen LogP contribution in [-0.2, 0) is 13.5 Å². The van der Waals surface area contributed by atoms with Gasteiger partial charge in [0.15, 0.2) is 0 Å². The molecule has 0 aliphatic carbocycles. The Labute approximate surface area is 95.1 Å². The van der Waals surface area contributed by atoms with Crippen molar-refractivity contribution in [1.82, 2.24) is 9.78 Å². The van der Waals surface area contributed by atoms with Gasteiger partial charge in [0, 0.05) is 31.4 Å². The fraction of sp³-hybridized carbons (Fsp3) is 0.308. The van der Waals surface area contributed by atoms with Gasteiger partial charge < -0.3 is 5.32 Å². The highest BCUT2D eigenvalue weighted by atomic mass is 15.2. The molecule has 3 heteroatoms.